The number of aryl methyl sites for hydroxylation is 1. The third-order valence-electron chi connectivity index (χ3n) is 3.78. The van der Waals surface area contributed by atoms with Gasteiger partial charge in [-0.1, -0.05) is 30.3 Å². The van der Waals surface area contributed by atoms with Crippen molar-refractivity contribution in [1.82, 2.24) is 15.3 Å². The van der Waals surface area contributed by atoms with E-state index in [4.69, 9.17) is 4.98 Å². The lowest BCUT2D eigenvalue weighted by Gasteiger charge is -2.23. The Hall–Kier alpha value is -1.74. The minimum atomic E-state index is 0.726. The molecule has 19 heavy (non-hydrogen) atoms. The number of rotatable bonds is 3. The predicted octanol–water partition coefficient (Wildman–Crippen LogP) is 2.47. The second kappa shape index (κ2) is 5.49. The third kappa shape index (κ3) is 2.66. The molecule has 98 valence electrons. The fourth-order valence-corrected chi connectivity index (χ4v) is 2.77. The topological polar surface area (TPSA) is 37.8 Å². The monoisotopic (exact) mass is 253 g/mol. The summed E-state index contributed by atoms with van der Waals surface area (Å²) in [5.41, 5.74) is 3.66. The molecule has 1 heterocycles. The maximum atomic E-state index is 4.75. The van der Waals surface area contributed by atoms with Crippen LogP contribution in [0, 0.1) is 5.92 Å². The van der Waals surface area contributed by atoms with Gasteiger partial charge in [0.1, 0.15) is 0 Å². The first-order valence-corrected chi connectivity index (χ1v) is 6.91. The molecule has 3 rings (SSSR count). The summed E-state index contributed by atoms with van der Waals surface area (Å²) in [6.45, 7) is 1.08. The Labute approximate surface area is 114 Å². The first-order chi connectivity index (χ1) is 9.36. The molecule has 1 N–H and O–H groups in total. The molecule has 0 bridgehead atoms. The van der Waals surface area contributed by atoms with Gasteiger partial charge in [0, 0.05) is 17.5 Å². The van der Waals surface area contributed by atoms with E-state index in [1.807, 2.05) is 31.4 Å². The zero-order valence-electron chi connectivity index (χ0n) is 11.3. The molecule has 1 unspecified atom stereocenters. The third-order valence-corrected chi connectivity index (χ3v) is 3.78. The van der Waals surface area contributed by atoms with Crippen LogP contribution < -0.4 is 5.32 Å². The van der Waals surface area contributed by atoms with E-state index in [2.05, 4.69) is 22.4 Å². The summed E-state index contributed by atoms with van der Waals surface area (Å²) in [5.74, 6) is 1.58. The molecule has 1 aliphatic rings. The quantitative estimate of drug-likeness (QED) is 0.913. The minimum Gasteiger partial charge on any atom is -0.319 e. The first kappa shape index (κ1) is 12.3. The van der Waals surface area contributed by atoms with Crippen LogP contribution in [0.2, 0.25) is 0 Å². The lowest BCUT2D eigenvalue weighted by Crippen LogP contribution is -2.25. The number of benzene rings is 1. The van der Waals surface area contributed by atoms with Crippen LogP contribution in [-0.2, 0) is 12.8 Å². The number of fused-ring (bicyclic) bond motifs is 1. The Morgan fingerprint density at radius 1 is 1.26 bits per heavy atom. The number of nitrogens with zero attached hydrogens (tertiary/aromatic N) is 2. The van der Waals surface area contributed by atoms with Crippen LogP contribution in [0.15, 0.2) is 36.5 Å². The second-order valence-corrected chi connectivity index (χ2v) is 5.20. The lowest BCUT2D eigenvalue weighted by atomic mass is 9.87. The summed E-state index contributed by atoms with van der Waals surface area (Å²) in [5, 5.41) is 3.26. The number of hydrogen-bond donors (Lipinski definition) is 1. The van der Waals surface area contributed by atoms with E-state index in [1.54, 1.807) is 0 Å². The van der Waals surface area contributed by atoms with Crippen LogP contribution in [0.5, 0.6) is 0 Å². The van der Waals surface area contributed by atoms with Crippen molar-refractivity contribution in [2.75, 3.05) is 13.6 Å². The summed E-state index contributed by atoms with van der Waals surface area (Å²) >= 11 is 0. The average molecular weight is 253 g/mol. The minimum absolute atomic E-state index is 0.726. The van der Waals surface area contributed by atoms with Crippen LogP contribution in [-0.4, -0.2) is 23.6 Å². The zero-order valence-corrected chi connectivity index (χ0v) is 11.3. The molecule has 1 aliphatic carbocycles. The molecule has 1 aromatic heterocycles. The summed E-state index contributed by atoms with van der Waals surface area (Å²) in [6, 6.07) is 10.2. The first-order valence-electron chi connectivity index (χ1n) is 6.91. The van der Waals surface area contributed by atoms with Crippen molar-refractivity contribution in [3.63, 3.8) is 0 Å². The highest BCUT2D eigenvalue weighted by Gasteiger charge is 2.20. The SMILES string of the molecule is CNCC1CCc2nc(-c3ccccc3)ncc2C1. The van der Waals surface area contributed by atoms with Gasteiger partial charge in [-0.2, -0.15) is 0 Å². The molecule has 0 amide bonds. The van der Waals surface area contributed by atoms with Gasteiger partial charge in [0.2, 0.25) is 0 Å². The van der Waals surface area contributed by atoms with E-state index < -0.39 is 0 Å². The standard InChI is InChI=1S/C16H19N3/c1-17-10-12-7-8-15-14(9-12)11-18-16(19-15)13-5-3-2-4-6-13/h2-6,11-12,17H,7-10H2,1H3. The Morgan fingerprint density at radius 3 is 2.89 bits per heavy atom. The van der Waals surface area contributed by atoms with Gasteiger partial charge >= 0.3 is 0 Å². The van der Waals surface area contributed by atoms with Gasteiger partial charge in [0.25, 0.3) is 0 Å². The number of hydrogen-bond acceptors (Lipinski definition) is 3. The maximum Gasteiger partial charge on any atom is 0.159 e. The molecular weight excluding hydrogens is 234 g/mol. The van der Waals surface area contributed by atoms with Crippen LogP contribution in [0.4, 0.5) is 0 Å². The fourth-order valence-electron chi connectivity index (χ4n) is 2.77. The highest BCUT2D eigenvalue weighted by molar-refractivity contribution is 5.54. The summed E-state index contributed by atoms with van der Waals surface area (Å²) in [7, 11) is 2.02. The van der Waals surface area contributed by atoms with E-state index in [-0.39, 0.29) is 0 Å². The Balaban J connectivity index is 1.86. The molecule has 3 nitrogen and oxygen atoms in total. The van der Waals surface area contributed by atoms with Crippen LogP contribution in [0.25, 0.3) is 11.4 Å². The Bertz CT molecular complexity index is 551. The van der Waals surface area contributed by atoms with Crippen molar-refractivity contribution in [3.8, 4) is 11.4 Å². The van der Waals surface area contributed by atoms with E-state index in [9.17, 15) is 0 Å². The van der Waals surface area contributed by atoms with Gasteiger partial charge in [-0.25, -0.2) is 9.97 Å². The van der Waals surface area contributed by atoms with Crippen molar-refractivity contribution in [1.29, 1.82) is 0 Å². The van der Waals surface area contributed by atoms with Gasteiger partial charge in [-0.3, -0.25) is 0 Å². The van der Waals surface area contributed by atoms with E-state index in [0.29, 0.717) is 0 Å². The van der Waals surface area contributed by atoms with Gasteiger partial charge in [-0.05, 0) is 44.3 Å². The second-order valence-electron chi connectivity index (χ2n) is 5.20. The summed E-state index contributed by atoms with van der Waals surface area (Å²) in [6.07, 6.45) is 5.42. The maximum absolute atomic E-state index is 4.75. The smallest absolute Gasteiger partial charge is 0.159 e. The lowest BCUT2D eigenvalue weighted by molar-refractivity contribution is 0.434. The number of nitrogens with one attached hydrogen (secondary N) is 1. The van der Waals surface area contributed by atoms with Crippen molar-refractivity contribution in [2.24, 2.45) is 5.92 Å². The molecule has 1 atom stereocenters. The molecule has 3 heteroatoms. The van der Waals surface area contributed by atoms with Gasteiger partial charge in [0.15, 0.2) is 5.82 Å². The fraction of sp³-hybridized carbons (Fsp3) is 0.375. The largest absolute Gasteiger partial charge is 0.319 e. The van der Waals surface area contributed by atoms with Crippen LogP contribution in [0.3, 0.4) is 0 Å². The molecule has 0 radical (unpaired) electrons. The Morgan fingerprint density at radius 2 is 2.11 bits per heavy atom. The van der Waals surface area contributed by atoms with Crippen molar-refractivity contribution in [3.05, 3.63) is 47.8 Å². The van der Waals surface area contributed by atoms with Crippen LogP contribution >= 0.6 is 0 Å². The normalized spacial score (nSPS) is 18.1. The predicted molar refractivity (Wildman–Crippen MR) is 76.9 cm³/mol. The molecule has 0 saturated heterocycles. The van der Waals surface area contributed by atoms with Crippen LogP contribution in [0.1, 0.15) is 17.7 Å². The summed E-state index contributed by atoms with van der Waals surface area (Å²) in [4.78, 5) is 9.27. The molecule has 0 aliphatic heterocycles. The van der Waals surface area contributed by atoms with E-state index >= 15 is 0 Å². The molecule has 2 aromatic rings. The van der Waals surface area contributed by atoms with Gasteiger partial charge in [-0.15, -0.1) is 0 Å². The van der Waals surface area contributed by atoms with Crippen molar-refractivity contribution >= 4 is 0 Å². The van der Waals surface area contributed by atoms with Crippen molar-refractivity contribution < 1.29 is 0 Å². The molecule has 0 saturated carbocycles. The highest BCUT2D eigenvalue weighted by atomic mass is 14.9. The zero-order chi connectivity index (χ0) is 13.1. The molecular formula is C16H19N3. The van der Waals surface area contributed by atoms with Crippen molar-refractivity contribution in [2.45, 2.75) is 19.3 Å². The number of aromatic nitrogens is 2. The average Bonchev–Trinajstić information content (AvgIpc) is 2.48. The Kier molecular flexibility index (Phi) is 3.56. The highest BCUT2D eigenvalue weighted by Crippen LogP contribution is 2.25. The van der Waals surface area contributed by atoms with Gasteiger partial charge in [0.05, 0.1) is 0 Å². The van der Waals surface area contributed by atoms with E-state index in [0.717, 1.165) is 36.7 Å². The molecule has 0 fully saturated rings. The summed E-state index contributed by atoms with van der Waals surface area (Å²) < 4.78 is 0. The van der Waals surface area contributed by atoms with E-state index in [1.165, 1.54) is 17.7 Å². The molecule has 0 spiro atoms. The molecule has 1 aromatic carbocycles. The van der Waals surface area contributed by atoms with Gasteiger partial charge < -0.3 is 5.32 Å².